The maximum atomic E-state index is 9.45. The number of hydrogen-bond donors (Lipinski definition) is 1. The quantitative estimate of drug-likeness (QED) is 0.430. The molecule has 0 saturated heterocycles. The van der Waals surface area contributed by atoms with Crippen LogP contribution < -0.4 is 5.32 Å². The molecular weight excluding hydrogens is 432 g/mol. The maximum absolute atomic E-state index is 9.45. The van der Waals surface area contributed by atoms with Crippen molar-refractivity contribution in [2.45, 2.75) is 0 Å². The number of thiazole rings is 1. The first-order valence-corrected chi connectivity index (χ1v) is 9.61. The summed E-state index contributed by atoms with van der Waals surface area (Å²) >= 11 is 25.5. The van der Waals surface area contributed by atoms with Crippen LogP contribution in [0.25, 0.3) is 16.8 Å². The van der Waals surface area contributed by atoms with Gasteiger partial charge in [-0.25, -0.2) is 4.98 Å². The normalized spacial score (nSPS) is 11.3. The standard InChI is InChI=1S/C18H9Cl4N3S/c19-12-5-4-10(6-14(12)21)16-9-26-18(25-16)11(7-23)8-24-15-3-1-2-13(20)17(15)22/h1-6,8-9,24H. The van der Waals surface area contributed by atoms with Crippen molar-refractivity contribution in [1.29, 1.82) is 5.26 Å². The smallest absolute Gasteiger partial charge is 0.136 e. The fourth-order valence-corrected chi connectivity index (χ4v) is 3.54. The fraction of sp³-hybridized carbons (Fsp3) is 0. The molecule has 0 amide bonds. The number of aromatic nitrogens is 1. The molecule has 0 spiro atoms. The molecular formula is C18H9Cl4N3S. The Bertz CT molecular complexity index is 1040. The molecule has 3 aromatic rings. The molecule has 0 aliphatic heterocycles. The molecule has 8 heteroatoms. The van der Waals surface area contributed by atoms with Crippen molar-refractivity contribution in [3.05, 3.63) is 73.1 Å². The van der Waals surface area contributed by atoms with Crippen LogP contribution >= 0.6 is 57.7 Å². The first-order chi connectivity index (χ1) is 12.5. The summed E-state index contributed by atoms with van der Waals surface area (Å²) in [5, 5.41) is 16.6. The second kappa shape index (κ2) is 8.30. The van der Waals surface area contributed by atoms with Gasteiger partial charge in [0.05, 0.1) is 31.5 Å². The summed E-state index contributed by atoms with van der Waals surface area (Å²) in [5.41, 5.74) is 2.51. The van der Waals surface area contributed by atoms with Crippen molar-refractivity contribution >= 4 is 69.0 Å². The van der Waals surface area contributed by atoms with Crippen molar-refractivity contribution in [3.8, 4) is 17.3 Å². The van der Waals surface area contributed by atoms with Crippen LogP contribution in [0, 0.1) is 11.3 Å². The van der Waals surface area contributed by atoms with Gasteiger partial charge in [-0.05, 0) is 24.3 Å². The highest BCUT2D eigenvalue weighted by molar-refractivity contribution is 7.11. The Morgan fingerprint density at radius 3 is 2.62 bits per heavy atom. The number of nitrogens with one attached hydrogen (secondary N) is 1. The predicted molar refractivity (Wildman–Crippen MR) is 111 cm³/mol. The Balaban J connectivity index is 1.87. The molecule has 130 valence electrons. The van der Waals surface area contributed by atoms with Gasteiger partial charge in [-0.2, -0.15) is 5.26 Å². The molecule has 1 aromatic heterocycles. The zero-order valence-corrected chi connectivity index (χ0v) is 16.8. The Morgan fingerprint density at radius 2 is 1.88 bits per heavy atom. The monoisotopic (exact) mass is 439 g/mol. The minimum atomic E-state index is 0.373. The lowest BCUT2D eigenvalue weighted by Crippen LogP contribution is -1.92. The Labute approximate surface area is 174 Å². The van der Waals surface area contributed by atoms with Gasteiger partial charge in [0, 0.05) is 17.1 Å². The molecule has 0 aliphatic rings. The summed E-state index contributed by atoms with van der Waals surface area (Å²) in [6.45, 7) is 0. The van der Waals surface area contributed by atoms with Crippen molar-refractivity contribution in [2.24, 2.45) is 0 Å². The van der Waals surface area contributed by atoms with Gasteiger partial charge >= 0.3 is 0 Å². The Kier molecular flexibility index (Phi) is 6.08. The van der Waals surface area contributed by atoms with E-state index in [0.29, 0.717) is 42.1 Å². The number of hydrogen-bond acceptors (Lipinski definition) is 4. The van der Waals surface area contributed by atoms with Crippen LogP contribution in [0.5, 0.6) is 0 Å². The molecule has 0 bridgehead atoms. The van der Waals surface area contributed by atoms with E-state index < -0.39 is 0 Å². The second-order valence-electron chi connectivity index (χ2n) is 5.08. The molecule has 26 heavy (non-hydrogen) atoms. The number of halogens is 4. The summed E-state index contributed by atoms with van der Waals surface area (Å²) < 4.78 is 0. The van der Waals surface area contributed by atoms with E-state index in [1.54, 1.807) is 36.5 Å². The number of rotatable bonds is 4. The lowest BCUT2D eigenvalue weighted by atomic mass is 10.2. The maximum Gasteiger partial charge on any atom is 0.136 e. The average molecular weight is 441 g/mol. The summed E-state index contributed by atoms with van der Waals surface area (Å²) in [4.78, 5) is 4.50. The lowest BCUT2D eigenvalue weighted by molar-refractivity contribution is 1.36. The second-order valence-corrected chi connectivity index (χ2v) is 7.54. The van der Waals surface area contributed by atoms with E-state index >= 15 is 0 Å². The van der Waals surface area contributed by atoms with Crippen molar-refractivity contribution in [1.82, 2.24) is 4.98 Å². The lowest BCUT2D eigenvalue weighted by Gasteiger charge is -2.05. The van der Waals surface area contributed by atoms with Gasteiger partial charge in [0.1, 0.15) is 16.6 Å². The van der Waals surface area contributed by atoms with Crippen LogP contribution in [0.1, 0.15) is 5.01 Å². The minimum absolute atomic E-state index is 0.373. The van der Waals surface area contributed by atoms with Gasteiger partial charge in [-0.1, -0.05) is 58.5 Å². The summed E-state index contributed by atoms with van der Waals surface area (Å²) in [7, 11) is 0. The topological polar surface area (TPSA) is 48.7 Å². The van der Waals surface area contributed by atoms with Gasteiger partial charge in [-0.15, -0.1) is 11.3 Å². The van der Waals surface area contributed by atoms with Gasteiger partial charge in [0.25, 0.3) is 0 Å². The molecule has 1 heterocycles. The number of allylic oxidation sites excluding steroid dienone is 1. The van der Waals surface area contributed by atoms with E-state index in [0.717, 1.165) is 5.56 Å². The molecule has 0 fully saturated rings. The Morgan fingerprint density at radius 1 is 1.08 bits per heavy atom. The summed E-state index contributed by atoms with van der Waals surface area (Å²) in [6, 6.07) is 12.6. The van der Waals surface area contributed by atoms with Gasteiger partial charge in [0.15, 0.2) is 0 Å². The first-order valence-electron chi connectivity index (χ1n) is 7.21. The van der Waals surface area contributed by atoms with Crippen LogP contribution in [-0.4, -0.2) is 4.98 Å². The van der Waals surface area contributed by atoms with Crippen LogP contribution in [0.3, 0.4) is 0 Å². The number of nitrogens with zero attached hydrogens (tertiary/aromatic N) is 2. The fourth-order valence-electron chi connectivity index (χ4n) is 2.09. The van der Waals surface area contributed by atoms with Gasteiger partial charge < -0.3 is 5.32 Å². The van der Waals surface area contributed by atoms with E-state index in [1.165, 1.54) is 11.3 Å². The van der Waals surface area contributed by atoms with E-state index in [1.807, 2.05) is 11.4 Å². The third-order valence-corrected chi connectivity index (χ3v) is 5.83. The SMILES string of the molecule is N#CC(=CNc1cccc(Cl)c1Cl)c1nc(-c2ccc(Cl)c(Cl)c2)cs1. The van der Waals surface area contributed by atoms with Crippen LogP contribution in [-0.2, 0) is 0 Å². The summed E-state index contributed by atoms with van der Waals surface area (Å²) in [6.07, 6.45) is 1.55. The zero-order valence-electron chi connectivity index (χ0n) is 12.9. The highest BCUT2D eigenvalue weighted by Crippen LogP contribution is 2.32. The third kappa shape index (κ3) is 4.15. The van der Waals surface area contributed by atoms with Crippen LogP contribution in [0.2, 0.25) is 20.1 Å². The third-order valence-electron chi connectivity index (χ3n) is 3.39. The van der Waals surface area contributed by atoms with Crippen molar-refractivity contribution < 1.29 is 0 Å². The zero-order chi connectivity index (χ0) is 18.7. The molecule has 3 rings (SSSR count). The largest absolute Gasteiger partial charge is 0.359 e. The highest BCUT2D eigenvalue weighted by atomic mass is 35.5. The van der Waals surface area contributed by atoms with Gasteiger partial charge in [-0.3, -0.25) is 0 Å². The van der Waals surface area contributed by atoms with Crippen LogP contribution in [0.15, 0.2) is 48.0 Å². The van der Waals surface area contributed by atoms with Crippen LogP contribution in [0.4, 0.5) is 5.69 Å². The molecule has 0 aliphatic carbocycles. The van der Waals surface area contributed by atoms with E-state index in [2.05, 4.69) is 16.4 Å². The number of nitriles is 1. The molecule has 3 nitrogen and oxygen atoms in total. The molecule has 0 unspecified atom stereocenters. The Hall–Kier alpha value is -1.74. The van der Waals surface area contributed by atoms with E-state index in [-0.39, 0.29) is 0 Å². The van der Waals surface area contributed by atoms with Gasteiger partial charge in [0.2, 0.25) is 0 Å². The minimum Gasteiger partial charge on any atom is -0.359 e. The molecule has 0 atom stereocenters. The first kappa shape index (κ1) is 19.0. The molecule has 0 saturated carbocycles. The average Bonchev–Trinajstić information content (AvgIpc) is 3.11. The summed E-state index contributed by atoms with van der Waals surface area (Å²) in [5.74, 6) is 0. The molecule has 1 N–H and O–H groups in total. The number of anilines is 1. The number of benzene rings is 2. The molecule has 2 aromatic carbocycles. The molecule has 0 radical (unpaired) electrons. The highest BCUT2D eigenvalue weighted by Gasteiger charge is 2.11. The van der Waals surface area contributed by atoms with Crippen molar-refractivity contribution in [2.75, 3.05) is 5.32 Å². The van der Waals surface area contributed by atoms with E-state index in [4.69, 9.17) is 46.4 Å². The van der Waals surface area contributed by atoms with Crippen molar-refractivity contribution in [3.63, 3.8) is 0 Å². The predicted octanol–water partition coefficient (Wildman–Crippen LogP) is 7.40. The van der Waals surface area contributed by atoms with E-state index in [9.17, 15) is 5.26 Å².